The minimum Gasteiger partial charge on any atom is -0.497 e. The van der Waals surface area contributed by atoms with Gasteiger partial charge in [-0.25, -0.2) is 0 Å². The largest absolute Gasteiger partial charge is 0.497 e. The van der Waals surface area contributed by atoms with E-state index in [1.165, 1.54) is 0 Å². The molecule has 0 saturated carbocycles. The highest BCUT2D eigenvalue weighted by Crippen LogP contribution is 2.11. The number of nitrogens with two attached hydrogens (primary N) is 1. The monoisotopic (exact) mass is 262 g/mol. The summed E-state index contributed by atoms with van der Waals surface area (Å²) in [6, 6.07) is 6.89. The van der Waals surface area contributed by atoms with E-state index in [1.807, 2.05) is 0 Å². The van der Waals surface area contributed by atoms with Gasteiger partial charge in [0.1, 0.15) is 5.75 Å². The molecule has 0 spiro atoms. The maximum absolute atomic E-state index is 11.5. The summed E-state index contributed by atoms with van der Waals surface area (Å²) in [4.78, 5) is 33.1. The first kappa shape index (κ1) is 14.4. The van der Waals surface area contributed by atoms with Crippen molar-refractivity contribution in [3.05, 3.63) is 42.0 Å². The van der Waals surface area contributed by atoms with Crippen LogP contribution in [0.25, 0.3) is 0 Å². The van der Waals surface area contributed by atoms with Crippen molar-refractivity contribution in [3.8, 4) is 5.75 Å². The molecule has 0 unspecified atom stereocenters. The fourth-order valence-corrected chi connectivity index (χ4v) is 1.31. The Kier molecular flexibility index (Phi) is 5.28. The van der Waals surface area contributed by atoms with Gasteiger partial charge < -0.3 is 10.5 Å². The number of methoxy groups -OCH3 is 1. The van der Waals surface area contributed by atoms with Crippen LogP contribution in [-0.2, 0) is 20.8 Å². The minimum absolute atomic E-state index is 0.0557. The molecule has 0 aliphatic carbocycles. The summed E-state index contributed by atoms with van der Waals surface area (Å²) in [6.07, 6.45) is 1.85. The fourth-order valence-electron chi connectivity index (χ4n) is 1.31. The Morgan fingerprint density at radius 3 is 2.37 bits per heavy atom. The number of rotatable bonds is 5. The molecular formula is C13H14N2O4. The molecule has 1 rings (SSSR count). The normalized spacial score (nSPS) is 10.2. The van der Waals surface area contributed by atoms with Crippen LogP contribution in [0.15, 0.2) is 36.4 Å². The van der Waals surface area contributed by atoms with E-state index < -0.39 is 17.7 Å². The molecule has 0 saturated heterocycles. The summed E-state index contributed by atoms with van der Waals surface area (Å²) in [5, 5.41) is 2.11. The van der Waals surface area contributed by atoms with Crippen molar-refractivity contribution in [2.45, 2.75) is 6.42 Å². The molecule has 6 nitrogen and oxygen atoms in total. The lowest BCUT2D eigenvalue weighted by molar-refractivity contribution is -0.127. The second-order valence-corrected chi connectivity index (χ2v) is 3.67. The molecule has 1 aromatic carbocycles. The molecule has 1 aromatic rings. The number of ether oxygens (including phenoxy) is 1. The predicted octanol–water partition coefficient (Wildman–Crippen LogP) is -0.0780. The van der Waals surface area contributed by atoms with Crippen molar-refractivity contribution in [1.82, 2.24) is 5.32 Å². The Hall–Kier alpha value is -2.63. The Labute approximate surface area is 110 Å². The highest BCUT2D eigenvalue weighted by Gasteiger charge is 2.06. The van der Waals surface area contributed by atoms with Crippen LogP contribution < -0.4 is 15.8 Å². The Balaban J connectivity index is 2.50. The number of nitrogens with one attached hydrogen (secondary N) is 1. The molecule has 0 heterocycles. The van der Waals surface area contributed by atoms with Crippen molar-refractivity contribution in [3.63, 3.8) is 0 Å². The lowest BCUT2D eigenvalue weighted by Crippen LogP contribution is -2.30. The van der Waals surface area contributed by atoms with Gasteiger partial charge in [-0.05, 0) is 17.7 Å². The van der Waals surface area contributed by atoms with Gasteiger partial charge in [0.2, 0.25) is 11.8 Å². The average molecular weight is 262 g/mol. The molecule has 19 heavy (non-hydrogen) atoms. The quantitative estimate of drug-likeness (QED) is 0.725. The fraction of sp³-hybridized carbons (Fsp3) is 0.154. The topological polar surface area (TPSA) is 98.5 Å². The van der Waals surface area contributed by atoms with E-state index in [9.17, 15) is 14.4 Å². The predicted molar refractivity (Wildman–Crippen MR) is 68.2 cm³/mol. The number of benzene rings is 1. The van der Waals surface area contributed by atoms with Crippen LogP contribution in [0.2, 0.25) is 0 Å². The van der Waals surface area contributed by atoms with Crippen LogP contribution in [0.5, 0.6) is 5.75 Å². The maximum Gasteiger partial charge on any atom is 0.250 e. The molecule has 0 radical (unpaired) electrons. The summed E-state index contributed by atoms with van der Waals surface area (Å²) in [6.45, 7) is 0. The van der Waals surface area contributed by atoms with Gasteiger partial charge in [0, 0.05) is 12.2 Å². The van der Waals surface area contributed by atoms with Gasteiger partial charge in [-0.2, -0.15) is 0 Å². The molecule has 0 atom stereocenters. The number of carbonyl (C=O) groups is 3. The van der Waals surface area contributed by atoms with E-state index in [0.717, 1.165) is 17.7 Å². The van der Waals surface area contributed by atoms with Gasteiger partial charge in [0.05, 0.1) is 13.5 Å². The molecule has 0 aliphatic heterocycles. The van der Waals surface area contributed by atoms with E-state index in [0.29, 0.717) is 5.75 Å². The molecule has 3 N–H and O–H groups in total. The number of primary amides is 1. The van der Waals surface area contributed by atoms with Crippen molar-refractivity contribution in [2.75, 3.05) is 7.11 Å². The molecule has 6 heteroatoms. The molecule has 0 aromatic heterocycles. The maximum atomic E-state index is 11.5. The Bertz CT molecular complexity index is 506. The standard InChI is InChI=1S/C13H14N2O4/c1-19-10-4-2-9(3-5-10)8-13(18)15-12(17)7-6-11(14)16/h2-7H,8H2,1H3,(H2,14,16)(H,15,17,18). The number of amides is 3. The summed E-state index contributed by atoms with van der Waals surface area (Å²) < 4.78 is 4.99. The zero-order valence-corrected chi connectivity index (χ0v) is 10.4. The van der Waals surface area contributed by atoms with Crippen LogP contribution >= 0.6 is 0 Å². The van der Waals surface area contributed by atoms with Crippen LogP contribution in [0.3, 0.4) is 0 Å². The van der Waals surface area contributed by atoms with Gasteiger partial charge in [-0.1, -0.05) is 12.1 Å². The van der Waals surface area contributed by atoms with E-state index in [2.05, 4.69) is 5.32 Å². The summed E-state index contributed by atoms with van der Waals surface area (Å²) in [5.74, 6) is -1.22. The molecule has 0 fully saturated rings. The number of hydrogen-bond donors (Lipinski definition) is 2. The number of carbonyl (C=O) groups excluding carboxylic acids is 3. The first-order valence-electron chi connectivity index (χ1n) is 5.45. The van der Waals surface area contributed by atoms with Crippen molar-refractivity contribution in [1.29, 1.82) is 0 Å². The van der Waals surface area contributed by atoms with E-state index in [1.54, 1.807) is 31.4 Å². The summed E-state index contributed by atoms with van der Waals surface area (Å²) >= 11 is 0. The smallest absolute Gasteiger partial charge is 0.250 e. The van der Waals surface area contributed by atoms with Crippen LogP contribution in [0.4, 0.5) is 0 Å². The molecule has 0 aliphatic rings. The third-order valence-corrected chi connectivity index (χ3v) is 2.19. The lowest BCUT2D eigenvalue weighted by Gasteiger charge is -2.03. The first-order valence-corrected chi connectivity index (χ1v) is 5.45. The third kappa shape index (κ3) is 5.49. The molecule has 100 valence electrons. The van der Waals surface area contributed by atoms with Gasteiger partial charge in [0.25, 0.3) is 5.91 Å². The highest BCUT2D eigenvalue weighted by atomic mass is 16.5. The number of imide groups is 1. The second kappa shape index (κ2) is 6.95. The van der Waals surface area contributed by atoms with Gasteiger partial charge in [0.15, 0.2) is 0 Å². The third-order valence-electron chi connectivity index (χ3n) is 2.19. The van der Waals surface area contributed by atoms with Crippen molar-refractivity contribution in [2.24, 2.45) is 5.73 Å². The van der Waals surface area contributed by atoms with E-state index in [4.69, 9.17) is 10.5 Å². The summed E-state index contributed by atoms with van der Waals surface area (Å²) in [5.41, 5.74) is 5.56. The van der Waals surface area contributed by atoms with Gasteiger partial charge in [-0.3, -0.25) is 19.7 Å². The highest BCUT2D eigenvalue weighted by molar-refractivity contribution is 6.04. The minimum atomic E-state index is -0.752. The second-order valence-electron chi connectivity index (χ2n) is 3.67. The molecule has 3 amide bonds. The average Bonchev–Trinajstić information content (AvgIpc) is 2.37. The van der Waals surface area contributed by atoms with Crippen LogP contribution in [-0.4, -0.2) is 24.8 Å². The Morgan fingerprint density at radius 1 is 1.21 bits per heavy atom. The van der Waals surface area contributed by atoms with E-state index >= 15 is 0 Å². The molecular weight excluding hydrogens is 248 g/mol. The SMILES string of the molecule is COc1ccc(CC(=O)NC(=O)C=CC(N)=O)cc1. The Morgan fingerprint density at radius 2 is 1.84 bits per heavy atom. The number of hydrogen-bond acceptors (Lipinski definition) is 4. The zero-order valence-electron chi connectivity index (χ0n) is 10.4. The zero-order chi connectivity index (χ0) is 14.3. The van der Waals surface area contributed by atoms with Gasteiger partial charge >= 0.3 is 0 Å². The van der Waals surface area contributed by atoms with Crippen molar-refractivity contribution >= 4 is 17.7 Å². The molecule has 0 bridgehead atoms. The van der Waals surface area contributed by atoms with Gasteiger partial charge in [-0.15, -0.1) is 0 Å². The van der Waals surface area contributed by atoms with Crippen molar-refractivity contribution < 1.29 is 19.1 Å². The van der Waals surface area contributed by atoms with Crippen LogP contribution in [0, 0.1) is 0 Å². The van der Waals surface area contributed by atoms with Crippen LogP contribution in [0.1, 0.15) is 5.56 Å². The first-order chi connectivity index (χ1) is 9.01. The summed E-state index contributed by atoms with van der Waals surface area (Å²) in [7, 11) is 1.55. The van der Waals surface area contributed by atoms with E-state index in [-0.39, 0.29) is 6.42 Å². The lowest BCUT2D eigenvalue weighted by atomic mass is 10.1.